The molecule has 1 aromatic heterocycles. The smallest absolute Gasteiger partial charge is 0.387 e. The van der Waals surface area contributed by atoms with E-state index in [0.29, 0.717) is 5.56 Å². The molecule has 0 saturated carbocycles. The summed E-state index contributed by atoms with van der Waals surface area (Å²) in [6.45, 7) is 0.930. The van der Waals surface area contributed by atoms with Gasteiger partial charge in [0.2, 0.25) is 0 Å². The molecule has 6 N–H and O–H groups in total. The van der Waals surface area contributed by atoms with Gasteiger partial charge in [-0.05, 0) is 6.92 Å². The van der Waals surface area contributed by atoms with E-state index < -0.39 is 44.7 Å². The lowest BCUT2D eigenvalue weighted by atomic mass is 10.1. The minimum Gasteiger partial charge on any atom is -0.387 e. The van der Waals surface area contributed by atoms with Crippen LogP contribution in [-0.2, 0) is 13.8 Å². The second-order valence-electron chi connectivity index (χ2n) is 4.83. The summed E-state index contributed by atoms with van der Waals surface area (Å²) in [6.07, 6.45) is -4.21. The first-order valence-corrected chi connectivity index (χ1v) is 7.70. The third kappa shape index (κ3) is 3.52. The van der Waals surface area contributed by atoms with E-state index in [1.54, 1.807) is 6.92 Å². The van der Waals surface area contributed by atoms with E-state index in [0.717, 1.165) is 4.57 Å². The summed E-state index contributed by atoms with van der Waals surface area (Å²) in [5, 5.41) is 19.8. The maximum Gasteiger partial charge on any atom is 0.469 e. The monoisotopic (exact) mass is 337 g/mol. The van der Waals surface area contributed by atoms with E-state index >= 15 is 0 Å². The average Bonchev–Trinajstić information content (AvgIpc) is 2.68. The predicted octanol–water partition coefficient (Wildman–Crippen LogP) is -2.14. The second-order valence-corrected chi connectivity index (χ2v) is 6.07. The fraction of sp³-hybridized carbons (Fsp3) is 0.600. The molecule has 0 spiro atoms. The van der Waals surface area contributed by atoms with Crippen LogP contribution < -0.4 is 11.4 Å². The van der Waals surface area contributed by atoms with Crippen LogP contribution in [0.3, 0.4) is 0 Å². The van der Waals surface area contributed by atoms with Gasteiger partial charge < -0.3 is 30.5 Å². The van der Waals surface area contributed by atoms with Crippen LogP contribution in [0.15, 0.2) is 11.0 Å². The molecule has 2 heterocycles. The molecule has 1 aromatic rings. The molecule has 0 amide bonds. The lowest BCUT2D eigenvalue weighted by molar-refractivity contribution is -0.0542. The predicted molar refractivity (Wildman–Crippen MR) is 71.6 cm³/mol. The van der Waals surface area contributed by atoms with Crippen molar-refractivity contribution < 1.29 is 33.8 Å². The van der Waals surface area contributed by atoms with Gasteiger partial charge in [-0.15, -0.1) is 0 Å². The van der Waals surface area contributed by atoms with Gasteiger partial charge in [-0.25, -0.2) is 9.36 Å². The highest BCUT2D eigenvalue weighted by Crippen LogP contribution is 2.38. The summed E-state index contributed by atoms with van der Waals surface area (Å²) in [7, 11) is -4.75. The van der Waals surface area contributed by atoms with Gasteiger partial charge in [0.1, 0.15) is 24.1 Å². The quantitative estimate of drug-likeness (QED) is 0.381. The number of ether oxygens (including phenoxy) is 1. The molecule has 0 radical (unpaired) electrons. The largest absolute Gasteiger partial charge is 0.469 e. The van der Waals surface area contributed by atoms with Crippen LogP contribution in [0, 0.1) is 6.92 Å². The van der Waals surface area contributed by atoms with E-state index in [1.807, 2.05) is 0 Å². The number of aryl methyl sites for hydroxylation is 1. The number of nitrogens with zero attached hydrogens (tertiary/aromatic N) is 2. The molecule has 22 heavy (non-hydrogen) atoms. The van der Waals surface area contributed by atoms with Gasteiger partial charge in [0.05, 0.1) is 6.61 Å². The van der Waals surface area contributed by atoms with Crippen LogP contribution in [0.25, 0.3) is 0 Å². The summed E-state index contributed by atoms with van der Waals surface area (Å²) in [5.74, 6) is 0.0238. The standard InChI is InChI=1S/C10H16N3O8P/c1-4-2-13(10(16)12-8(4)11)9-7(15)6(14)5(21-9)3-20-22(17,18)19/h2,5-7,9,14-15H,3H2,1H3,(H2,11,12,16)(H2,17,18,19)/t5-,6-,7+,9-/m1/s1. The number of aromatic nitrogens is 2. The first kappa shape index (κ1) is 17.0. The Morgan fingerprint density at radius 3 is 2.68 bits per heavy atom. The fourth-order valence-electron chi connectivity index (χ4n) is 2.03. The fourth-order valence-corrected chi connectivity index (χ4v) is 2.37. The number of phosphoric acid groups is 1. The summed E-state index contributed by atoms with van der Waals surface area (Å²) in [5.41, 5.74) is 5.15. The lowest BCUT2D eigenvalue weighted by Gasteiger charge is -2.18. The summed E-state index contributed by atoms with van der Waals surface area (Å²) in [4.78, 5) is 32.6. The Morgan fingerprint density at radius 1 is 1.45 bits per heavy atom. The molecular formula is C10H16N3O8P. The van der Waals surface area contributed by atoms with Crippen molar-refractivity contribution in [2.75, 3.05) is 12.3 Å². The number of hydrogen-bond donors (Lipinski definition) is 5. The number of phosphoric ester groups is 1. The number of aliphatic hydroxyl groups excluding tert-OH is 2. The van der Waals surface area contributed by atoms with Crippen LogP contribution in [-0.4, -0.2) is 54.5 Å². The lowest BCUT2D eigenvalue weighted by Crippen LogP contribution is -2.36. The Bertz CT molecular complexity index is 658. The van der Waals surface area contributed by atoms with E-state index in [2.05, 4.69) is 9.51 Å². The SMILES string of the molecule is Cc1cn([C@@H]2O[C@H](COP(=O)(O)O)[C@@H](O)[C@@H]2O)c(=O)nc1N. The van der Waals surface area contributed by atoms with E-state index in [9.17, 15) is 19.6 Å². The highest BCUT2D eigenvalue weighted by atomic mass is 31.2. The van der Waals surface area contributed by atoms with Crippen molar-refractivity contribution in [2.45, 2.75) is 31.5 Å². The highest BCUT2D eigenvalue weighted by molar-refractivity contribution is 7.46. The van der Waals surface area contributed by atoms with Gasteiger partial charge in [0, 0.05) is 11.8 Å². The molecule has 12 heteroatoms. The Morgan fingerprint density at radius 2 is 2.09 bits per heavy atom. The Hall–Kier alpha value is -1.33. The number of hydrogen-bond acceptors (Lipinski definition) is 8. The molecule has 0 aliphatic carbocycles. The maximum atomic E-state index is 11.8. The third-order valence-electron chi connectivity index (χ3n) is 3.19. The molecular weight excluding hydrogens is 321 g/mol. The number of rotatable bonds is 4. The zero-order valence-corrected chi connectivity index (χ0v) is 12.3. The van der Waals surface area contributed by atoms with E-state index in [1.165, 1.54) is 6.20 Å². The van der Waals surface area contributed by atoms with Gasteiger partial charge in [-0.3, -0.25) is 9.09 Å². The Labute approximate surface area is 124 Å². The van der Waals surface area contributed by atoms with Gasteiger partial charge in [0.25, 0.3) is 0 Å². The van der Waals surface area contributed by atoms with E-state index in [4.69, 9.17) is 20.3 Å². The second kappa shape index (κ2) is 6.05. The van der Waals surface area contributed by atoms with Crippen LogP contribution in [0.1, 0.15) is 11.8 Å². The summed E-state index contributed by atoms with van der Waals surface area (Å²) < 4.78 is 21.1. The zero-order chi connectivity index (χ0) is 16.7. The number of anilines is 1. The topological polar surface area (TPSA) is 177 Å². The molecule has 11 nitrogen and oxygen atoms in total. The molecule has 1 aliphatic rings. The van der Waals surface area contributed by atoms with Crippen molar-refractivity contribution >= 4 is 13.6 Å². The van der Waals surface area contributed by atoms with Crippen molar-refractivity contribution in [3.8, 4) is 0 Å². The Kier molecular flexibility index (Phi) is 4.68. The number of nitrogens with two attached hydrogens (primary N) is 1. The van der Waals surface area contributed by atoms with Crippen molar-refractivity contribution in [1.82, 2.24) is 9.55 Å². The molecule has 124 valence electrons. The molecule has 0 aromatic carbocycles. The molecule has 1 aliphatic heterocycles. The third-order valence-corrected chi connectivity index (χ3v) is 3.68. The van der Waals surface area contributed by atoms with E-state index in [-0.39, 0.29) is 5.82 Å². The minimum absolute atomic E-state index is 0.0238. The van der Waals surface area contributed by atoms with Crippen molar-refractivity contribution in [3.05, 3.63) is 22.2 Å². The van der Waals surface area contributed by atoms with Gasteiger partial charge >= 0.3 is 13.5 Å². The van der Waals surface area contributed by atoms with Crippen molar-refractivity contribution in [3.63, 3.8) is 0 Å². The molecule has 2 rings (SSSR count). The van der Waals surface area contributed by atoms with Crippen LogP contribution in [0.2, 0.25) is 0 Å². The van der Waals surface area contributed by atoms with Gasteiger partial charge in [0.15, 0.2) is 6.23 Å². The minimum atomic E-state index is -4.75. The van der Waals surface area contributed by atoms with Crippen LogP contribution >= 0.6 is 7.82 Å². The maximum absolute atomic E-state index is 11.8. The van der Waals surface area contributed by atoms with Gasteiger partial charge in [-0.2, -0.15) is 4.98 Å². The van der Waals surface area contributed by atoms with Crippen LogP contribution in [0.4, 0.5) is 5.82 Å². The highest BCUT2D eigenvalue weighted by Gasteiger charge is 2.45. The molecule has 0 bridgehead atoms. The van der Waals surface area contributed by atoms with Crippen molar-refractivity contribution in [1.29, 1.82) is 0 Å². The first-order valence-electron chi connectivity index (χ1n) is 6.17. The summed E-state index contributed by atoms with van der Waals surface area (Å²) in [6, 6.07) is 0. The van der Waals surface area contributed by atoms with Gasteiger partial charge in [-0.1, -0.05) is 0 Å². The van der Waals surface area contributed by atoms with Crippen LogP contribution in [0.5, 0.6) is 0 Å². The number of aliphatic hydroxyl groups is 2. The Balaban J connectivity index is 2.22. The zero-order valence-electron chi connectivity index (χ0n) is 11.4. The average molecular weight is 337 g/mol. The molecule has 1 fully saturated rings. The molecule has 4 atom stereocenters. The molecule has 0 unspecified atom stereocenters. The number of nitrogen functional groups attached to an aromatic ring is 1. The normalized spacial score (nSPS) is 29.0. The summed E-state index contributed by atoms with van der Waals surface area (Å²) >= 11 is 0. The van der Waals surface area contributed by atoms with Crippen molar-refractivity contribution in [2.24, 2.45) is 0 Å². The first-order chi connectivity index (χ1) is 10.1. The molecule has 1 saturated heterocycles.